The molecule has 0 saturated carbocycles. The number of benzene rings is 1. The smallest absolute Gasteiger partial charge is 0.127 e. The Morgan fingerprint density at radius 1 is 1.45 bits per heavy atom. The van der Waals surface area contributed by atoms with Gasteiger partial charge in [0.25, 0.3) is 0 Å². The summed E-state index contributed by atoms with van der Waals surface area (Å²) >= 11 is 0. The topological polar surface area (TPSA) is 79.3 Å². The molecule has 1 aromatic carbocycles. The first kappa shape index (κ1) is 23.5. The molecule has 0 N–H and O–H groups in total. The molecule has 0 aliphatic carbocycles. The van der Waals surface area contributed by atoms with Crippen molar-refractivity contribution < 1.29 is 4.74 Å². The molecule has 1 atom stereocenters. The second-order valence-electron chi connectivity index (χ2n) is 6.81. The summed E-state index contributed by atoms with van der Waals surface area (Å²) in [6.45, 7) is 12.3. The molecule has 0 aliphatic rings. The number of rotatable bonds is 10. The number of ether oxygens (including phenoxy) is 1. The van der Waals surface area contributed by atoms with Gasteiger partial charge in [0, 0.05) is 25.8 Å². The van der Waals surface area contributed by atoms with Gasteiger partial charge in [0.15, 0.2) is 0 Å². The number of anilines is 1. The quantitative estimate of drug-likeness (QED) is 0.327. The van der Waals surface area contributed by atoms with Crippen LogP contribution in [0.4, 0.5) is 5.69 Å². The molecule has 1 aromatic heterocycles. The molecule has 7 nitrogen and oxygen atoms in total. The average Bonchev–Trinajstić information content (AvgIpc) is 3.16. The number of nitrogens with zero attached hydrogens (tertiary/aromatic N) is 6. The van der Waals surface area contributed by atoms with Crippen LogP contribution >= 0.6 is 0 Å². The van der Waals surface area contributed by atoms with E-state index in [4.69, 9.17) is 10.00 Å². The highest BCUT2D eigenvalue weighted by Crippen LogP contribution is 2.19. The highest BCUT2D eigenvalue weighted by molar-refractivity contribution is 5.80. The Kier molecular flexibility index (Phi) is 8.67. The minimum atomic E-state index is 0.0505. The van der Waals surface area contributed by atoms with Crippen molar-refractivity contribution in [2.24, 2.45) is 10.9 Å². The zero-order valence-electron chi connectivity index (χ0n) is 18.5. The van der Waals surface area contributed by atoms with Crippen LogP contribution in [0.25, 0.3) is 5.70 Å². The normalized spacial score (nSPS) is 12.8. The van der Waals surface area contributed by atoms with Crippen molar-refractivity contribution in [1.82, 2.24) is 15.0 Å². The minimum absolute atomic E-state index is 0.0505. The molecule has 1 heterocycles. The van der Waals surface area contributed by atoms with E-state index in [-0.39, 0.29) is 5.92 Å². The number of nitriles is 1. The van der Waals surface area contributed by atoms with Crippen LogP contribution in [0.1, 0.15) is 23.9 Å². The third-order valence-electron chi connectivity index (χ3n) is 4.64. The van der Waals surface area contributed by atoms with Crippen molar-refractivity contribution in [3.63, 3.8) is 0 Å². The third-order valence-corrected chi connectivity index (χ3v) is 4.64. The van der Waals surface area contributed by atoms with Crippen molar-refractivity contribution in [2.45, 2.75) is 13.8 Å². The largest absolute Gasteiger partial charge is 0.384 e. The highest BCUT2D eigenvalue weighted by atomic mass is 16.5. The van der Waals surface area contributed by atoms with Gasteiger partial charge >= 0.3 is 0 Å². The SMILES string of the molecule is C=CC(/C=C(\C=C/C)n1nnc(/C=N\C(=C)N(C)c2cccc(C#N)c2)c1C)COC. The van der Waals surface area contributed by atoms with E-state index in [1.165, 1.54) is 0 Å². The molecule has 0 spiro atoms. The monoisotopic (exact) mass is 416 g/mol. The predicted octanol–water partition coefficient (Wildman–Crippen LogP) is 4.35. The van der Waals surface area contributed by atoms with E-state index < -0.39 is 0 Å². The first-order valence-corrected chi connectivity index (χ1v) is 9.80. The lowest BCUT2D eigenvalue weighted by Gasteiger charge is -2.18. The van der Waals surface area contributed by atoms with Crippen molar-refractivity contribution in [3.8, 4) is 6.07 Å². The standard InChI is InChI=1S/C24H28N6O/c1-7-10-23(13-20(8-2)17-31-6)30-18(3)24(27-28-30)16-26-19(4)29(5)22-12-9-11-21(14-22)15-25/h7-14,16,20H,2,4,17H2,1,3,5-6H3/b10-7-,23-13+,26-16-. The van der Waals surface area contributed by atoms with Crippen LogP contribution < -0.4 is 4.90 Å². The van der Waals surface area contributed by atoms with Gasteiger partial charge in [-0.2, -0.15) is 5.26 Å². The van der Waals surface area contributed by atoms with E-state index in [2.05, 4.69) is 34.5 Å². The van der Waals surface area contributed by atoms with Crippen LogP contribution in [-0.2, 0) is 4.74 Å². The molecule has 0 amide bonds. The van der Waals surface area contributed by atoms with E-state index >= 15 is 0 Å². The summed E-state index contributed by atoms with van der Waals surface area (Å²) in [7, 11) is 3.51. The van der Waals surface area contributed by atoms with Crippen LogP contribution in [0.15, 0.2) is 72.5 Å². The van der Waals surface area contributed by atoms with Gasteiger partial charge in [-0.25, -0.2) is 9.67 Å². The van der Waals surface area contributed by atoms with E-state index in [9.17, 15) is 0 Å². The number of aliphatic imine (C=N–C) groups is 1. The highest BCUT2D eigenvalue weighted by Gasteiger charge is 2.12. The molecule has 0 saturated heterocycles. The van der Waals surface area contributed by atoms with Crippen LogP contribution in [0, 0.1) is 24.2 Å². The van der Waals surface area contributed by atoms with Gasteiger partial charge in [-0.05, 0) is 44.2 Å². The molecule has 1 unspecified atom stereocenters. The molecule has 0 radical (unpaired) electrons. The predicted molar refractivity (Wildman–Crippen MR) is 126 cm³/mol. The summed E-state index contributed by atoms with van der Waals surface area (Å²) in [5, 5.41) is 17.6. The molecular formula is C24H28N6O. The zero-order chi connectivity index (χ0) is 22.8. The summed E-state index contributed by atoms with van der Waals surface area (Å²) in [6, 6.07) is 9.40. The summed E-state index contributed by atoms with van der Waals surface area (Å²) in [4.78, 5) is 6.25. The maximum Gasteiger partial charge on any atom is 0.127 e. The van der Waals surface area contributed by atoms with Crippen molar-refractivity contribution in [2.75, 3.05) is 25.7 Å². The summed E-state index contributed by atoms with van der Waals surface area (Å²) in [6.07, 6.45) is 9.42. The molecule has 7 heteroatoms. The molecular weight excluding hydrogens is 388 g/mol. The lowest BCUT2D eigenvalue weighted by molar-refractivity contribution is 0.184. The Hall–Kier alpha value is -3.76. The molecule has 0 fully saturated rings. The van der Waals surface area contributed by atoms with Crippen molar-refractivity contribution >= 4 is 17.6 Å². The van der Waals surface area contributed by atoms with Gasteiger partial charge in [-0.15, -0.1) is 11.7 Å². The van der Waals surface area contributed by atoms with Crippen molar-refractivity contribution in [1.29, 1.82) is 5.26 Å². The van der Waals surface area contributed by atoms with E-state index in [0.717, 1.165) is 17.1 Å². The van der Waals surface area contributed by atoms with Gasteiger partial charge < -0.3 is 9.64 Å². The van der Waals surface area contributed by atoms with Gasteiger partial charge in [0.2, 0.25) is 0 Å². The van der Waals surface area contributed by atoms with Crippen LogP contribution in [-0.4, -0.2) is 42.0 Å². The Morgan fingerprint density at radius 3 is 2.87 bits per heavy atom. The average molecular weight is 417 g/mol. The number of hydrogen-bond acceptors (Lipinski definition) is 6. The minimum Gasteiger partial charge on any atom is -0.384 e. The second-order valence-corrected chi connectivity index (χ2v) is 6.81. The number of allylic oxidation sites excluding steroid dienone is 3. The van der Waals surface area contributed by atoms with Gasteiger partial charge in [-0.1, -0.05) is 30.0 Å². The van der Waals surface area contributed by atoms with E-state index in [0.29, 0.717) is 23.7 Å². The second kappa shape index (κ2) is 11.4. The Bertz CT molecular complexity index is 1050. The van der Waals surface area contributed by atoms with Crippen LogP contribution in [0.3, 0.4) is 0 Å². The lowest BCUT2D eigenvalue weighted by atomic mass is 10.1. The van der Waals surface area contributed by atoms with E-state index in [1.807, 2.05) is 62.2 Å². The number of methoxy groups -OCH3 is 1. The molecule has 0 aliphatic heterocycles. The third kappa shape index (κ3) is 6.11. The fourth-order valence-corrected chi connectivity index (χ4v) is 2.82. The first-order valence-electron chi connectivity index (χ1n) is 9.80. The maximum absolute atomic E-state index is 9.09. The molecule has 160 valence electrons. The molecule has 0 bridgehead atoms. The first-order chi connectivity index (χ1) is 14.9. The van der Waals surface area contributed by atoms with Crippen LogP contribution in [0.5, 0.6) is 0 Å². The lowest BCUT2D eigenvalue weighted by Crippen LogP contribution is -2.14. The Labute approximate surface area is 184 Å². The number of hydrogen-bond donors (Lipinski definition) is 0. The summed E-state index contributed by atoms with van der Waals surface area (Å²) < 4.78 is 7.01. The molecule has 31 heavy (non-hydrogen) atoms. The summed E-state index contributed by atoms with van der Waals surface area (Å²) in [5.41, 5.74) is 3.76. The Morgan fingerprint density at radius 2 is 2.23 bits per heavy atom. The van der Waals surface area contributed by atoms with E-state index in [1.54, 1.807) is 30.1 Å². The number of aromatic nitrogens is 3. The fourth-order valence-electron chi connectivity index (χ4n) is 2.82. The Balaban J connectivity index is 2.26. The zero-order valence-corrected chi connectivity index (χ0v) is 18.5. The maximum atomic E-state index is 9.09. The molecule has 2 rings (SSSR count). The fraction of sp³-hybridized carbons (Fsp3) is 0.250. The molecule has 2 aromatic rings. The van der Waals surface area contributed by atoms with Gasteiger partial charge in [-0.3, -0.25) is 0 Å². The van der Waals surface area contributed by atoms with Crippen LogP contribution in [0.2, 0.25) is 0 Å². The summed E-state index contributed by atoms with van der Waals surface area (Å²) in [5.74, 6) is 0.564. The van der Waals surface area contributed by atoms with Gasteiger partial charge in [0.1, 0.15) is 11.5 Å². The van der Waals surface area contributed by atoms with Crippen molar-refractivity contribution in [3.05, 3.63) is 84.5 Å². The van der Waals surface area contributed by atoms with Gasteiger partial charge in [0.05, 0.1) is 35.8 Å².